The molecule has 1 atom stereocenters. The van der Waals surface area contributed by atoms with Gasteiger partial charge in [0.25, 0.3) is 0 Å². The molecule has 1 saturated carbocycles. The van der Waals surface area contributed by atoms with Crippen LogP contribution in [0.5, 0.6) is 0 Å². The Bertz CT molecular complexity index is 1620. The fourth-order valence-electron chi connectivity index (χ4n) is 4.42. The summed E-state index contributed by atoms with van der Waals surface area (Å²) in [5, 5.41) is 12.4. The molecule has 6 rings (SSSR count). The van der Waals surface area contributed by atoms with Crippen LogP contribution in [0.4, 0.5) is 10.5 Å². The molecular weight excluding hydrogens is 539 g/mol. The highest BCUT2D eigenvalue weighted by Crippen LogP contribution is 2.49. The quantitative estimate of drug-likeness (QED) is 0.210. The number of carboxylic acids is 1. The number of amides is 1. The van der Waals surface area contributed by atoms with Crippen molar-refractivity contribution < 1.29 is 19.4 Å². The lowest BCUT2D eigenvalue weighted by atomic mass is 9.98. The summed E-state index contributed by atoms with van der Waals surface area (Å²) in [6.07, 6.45) is 2.14. The lowest BCUT2D eigenvalue weighted by Gasteiger charge is -2.14. The number of ether oxygens (including phenoxy) is 1. The molecule has 1 aliphatic carbocycles. The van der Waals surface area contributed by atoms with E-state index in [2.05, 4.69) is 26.8 Å². The number of carboxylic acid groups (broad SMARTS) is 1. The third-order valence-electron chi connectivity index (χ3n) is 6.80. The monoisotopic (exact) mass is 561 g/mol. The highest BCUT2D eigenvalue weighted by molar-refractivity contribution is 7.32. The average molecular weight is 562 g/mol. The van der Waals surface area contributed by atoms with Crippen LogP contribution in [-0.4, -0.2) is 26.5 Å². The maximum absolute atomic E-state index is 12.7. The molecule has 1 fully saturated rings. The average Bonchev–Trinajstić information content (AvgIpc) is 3.34. The Morgan fingerprint density at radius 2 is 1.76 bits per heavy atom. The molecule has 1 amide bonds. The molecule has 1 aromatic carbocycles. The van der Waals surface area contributed by atoms with Crippen LogP contribution in [0.2, 0.25) is 0 Å². The third-order valence-corrected chi connectivity index (χ3v) is 10.2. The molecule has 7 nitrogen and oxygen atoms in total. The van der Waals surface area contributed by atoms with Crippen LogP contribution < -0.4 is 5.32 Å². The summed E-state index contributed by atoms with van der Waals surface area (Å²) in [7, 11) is 0. The van der Waals surface area contributed by atoms with Gasteiger partial charge in [-0.3, -0.25) is 15.1 Å². The topological polar surface area (TPSA) is 101 Å². The summed E-state index contributed by atoms with van der Waals surface area (Å²) in [6.45, 7) is 3.72. The Morgan fingerprint density at radius 3 is 2.42 bits per heavy atom. The van der Waals surface area contributed by atoms with Gasteiger partial charge in [-0.1, -0.05) is 36.4 Å². The smallest absolute Gasteiger partial charge is 0.412 e. The largest absolute Gasteiger partial charge is 0.481 e. The minimum absolute atomic E-state index is 0.376. The minimum Gasteiger partial charge on any atom is -0.481 e. The van der Waals surface area contributed by atoms with Crippen molar-refractivity contribution in [3.8, 4) is 20.3 Å². The number of carbonyl (C=O) groups excluding carboxylic acids is 1. The highest BCUT2D eigenvalue weighted by atomic mass is 32.1. The van der Waals surface area contributed by atoms with Crippen LogP contribution in [0, 0.1) is 6.92 Å². The molecule has 5 aromatic rings. The molecule has 10 heteroatoms. The number of pyridine rings is 1. The van der Waals surface area contributed by atoms with Crippen molar-refractivity contribution >= 4 is 61.4 Å². The van der Waals surface area contributed by atoms with Crippen molar-refractivity contribution in [2.24, 2.45) is 0 Å². The number of anilines is 1. The fraction of sp³-hybridized carbons (Fsp3) is 0.214. The molecule has 0 radical (unpaired) electrons. The molecule has 4 aromatic heterocycles. The lowest BCUT2D eigenvalue weighted by molar-refractivity contribution is -0.140. The van der Waals surface area contributed by atoms with E-state index in [0.29, 0.717) is 18.5 Å². The number of aromatic nitrogens is 2. The van der Waals surface area contributed by atoms with Gasteiger partial charge in [0.05, 0.1) is 37.1 Å². The van der Waals surface area contributed by atoms with Gasteiger partial charge in [-0.25, -0.2) is 4.79 Å². The van der Waals surface area contributed by atoms with Crippen LogP contribution in [0.25, 0.3) is 29.7 Å². The second-order valence-electron chi connectivity index (χ2n) is 9.32. The predicted molar refractivity (Wildman–Crippen MR) is 152 cm³/mol. The van der Waals surface area contributed by atoms with E-state index in [1.54, 1.807) is 28.9 Å². The number of hydrogen-bond donors (Lipinski definition) is 2. The van der Waals surface area contributed by atoms with E-state index in [4.69, 9.17) is 4.74 Å². The first-order valence-electron chi connectivity index (χ1n) is 12.1. The molecule has 192 valence electrons. The highest BCUT2D eigenvalue weighted by Gasteiger charge is 2.51. The molecule has 4 heterocycles. The third kappa shape index (κ3) is 4.48. The van der Waals surface area contributed by atoms with Gasteiger partial charge in [0, 0.05) is 15.6 Å². The fourth-order valence-corrected chi connectivity index (χ4v) is 7.73. The summed E-state index contributed by atoms with van der Waals surface area (Å²) >= 11 is 4.63. The second kappa shape index (κ2) is 9.61. The van der Waals surface area contributed by atoms with Crippen molar-refractivity contribution in [2.45, 2.75) is 38.2 Å². The number of aliphatic carboxylic acids is 1. The van der Waals surface area contributed by atoms with Crippen LogP contribution in [0.15, 0.2) is 60.8 Å². The number of rotatable bonds is 7. The number of thiophene rings is 2. The normalized spacial score (nSPS) is 14.8. The van der Waals surface area contributed by atoms with Crippen molar-refractivity contribution in [1.82, 2.24) is 9.36 Å². The predicted octanol–water partition coefficient (Wildman–Crippen LogP) is 7.88. The summed E-state index contributed by atoms with van der Waals surface area (Å²) in [5.74, 6) is -0.776. The maximum atomic E-state index is 12.7. The molecule has 1 unspecified atom stereocenters. The van der Waals surface area contributed by atoms with E-state index in [-0.39, 0.29) is 6.10 Å². The Hall–Kier alpha value is -3.60. The Balaban J connectivity index is 1.20. The van der Waals surface area contributed by atoms with Crippen molar-refractivity contribution in [3.63, 3.8) is 0 Å². The molecule has 38 heavy (non-hydrogen) atoms. The Morgan fingerprint density at radius 1 is 1.05 bits per heavy atom. The summed E-state index contributed by atoms with van der Waals surface area (Å²) in [6, 6.07) is 17.6. The first-order chi connectivity index (χ1) is 18.3. The van der Waals surface area contributed by atoms with Crippen LogP contribution >= 0.6 is 34.2 Å². The van der Waals surface area contributed by atoms with E-state index >= 15 is 0 Å². The Labute approximate surface area is 230 Å². The summed E-state index contributed by atoms with van der Waals surface area (Å²) < 4.78 is 12.3. The zero-order chi connectivity index (χ0) is 26.4. The molecule has 1 aliphatic rings. The SMILES string of the molecule is Cc1nsc(-c2cc3sc(-c4ccc(C5(C(=O)O)CC5)cn4)cc3s2)c1NC(=O)OC(C)c1ccccc1. The molecular formula is C28H23N3O4S3. The van der Waals surface area contributed by atoms with Gasteiger partial charge in [-0.2, -0.15) is 4.37 Å². The number of benzene rings is 1. The standard InChI is InChI=1S/C28H23N3O4S3/c1-15-24(30-27(34)35-16(2)17-6-4-3-5-7-17)25(38-31-15)23-13-22-21(37-23)12-20(36-22)19-9-8-18(14-29-19)28(10-11-28)26(32)33/h3-9,12-14,16H,10-11H2,1-2H3,(H,30,34)(H,32,33). The molecule has 0 aliphatic heterocycles. The van der Waals surface area contributed by atoms with Crippen molar-refractivity contribution in [1.29, 1.82) is 0 Å². The Kier molecular flexibility index (Phi) is 6.25. The lowest BCUT2D eigenvalue weighted by Crippen LogP contribution is -2.19. The molecule has 0 spiro atoms. The zero-order valence-corrected chi connectivity index (χ0v) is 23.0. The number of hydrogen-bond acceptors (Lipinski definition) is 8. The van der Waals surface area contributed by atoms with Gasteiger partial charge in [0.2, 0.25) is 0 Å². The number of nitrogens with zero attached hydrogens (tertiary/aromatic N) is 2. The van der Waals surface area contributed by atoms with Gasteiger partial charge in [-0.05, 0) is 67.5 Å². The van der Waals surface area contributed by atoms with Crippen molar-refractivity contribution in [3.05, 3.63) is 77.6 Å². The van der Waals surface area contributed by atoms with Crippen LogP contribution in [0.3, 0.4) is 0 Å². The first kappa shape index (κ1) is 24.7. The van der Waals surface area contributed by atoms with Gasteiger partial charge in [-0.15, -0.1) is 22.7 Å². The second-order valence-corrected chi connectivity index (χ2v) is 12.3. The van der Waals surface area contributed by atoms with E-state index in [0.717, 1.165) is 46.5 Å². The van der Waals surface area contributed by atoms with Gasteiger partial charge in [0.1, 0.15) is 6.10 Å². The minimum atomic E-state index is -0.776. The maximum Gasteiger partial charge on any atom is 0.412 e. The first-order valence-corrected chi connectivity index (χ1v) is 14.5. The van der Waals surface area contributed by atoms with E-state index in [1.165, 1.54) is 11.5 Å². The zero-order valence-electron chi connectivity index (χ0n) is 20.6. The summed E-state index contributed by atoms with van der Waals surface area (Å²) in [4.78, 5) is 31.8. The molecule has 0 saturated heterocycles. The van der Waals surface area contributed by atoms with Gasteiger partial charge in [0.15, 0.2) is 0 Å². The molecule has 2 N–H and O–H groups in total. The van der Waals surface area contributed by atoms with E-state index in [1.807, 2.05) is 56.3 Å². The van der Waals surface area contributed by atoms with Crippen molar-refractivity contribution in [2.75, 3.05) is 5.32 Å². The van der Waals surface area contributed by atoms with Crippen LogP contribution in [0.1, 0.15) is 42.7 Å². The number of aryl methyl sites for hydroxylation is 1. The summed E-state index contributed by atoms with van der Waals surface area (Å²) in [5.41, 5.74) is 3.18. The number of carbonyl (C=O) groups is 2. The van der Waals surface area contributed by atoms with Gasteiger partial charge >= 0.3 is 12.1 Å². The van der Waals surface area contributed by atoms with E-state index in [9.17, 15) is 14.7 Å². The van der Waals surface area contributed by atoms with Crippen LogP contribution in [-0.2, 0) is 14.9 Å². The van der Waals surface area contributed by atoms with Gasteiger partial charge < -0.3 is 9.84 Å². The molecule has 0 bridgehead atoms. The number of nitrogens with one attached hydrogen (secondary N) is 1. The van der Waals surface area contributed by atoms with E-state index < -0.39 is 17.5 Å². The number of fused-ring (bicyclic) bond motifs is 1.